The van der Waals surface area contributed by atoms with E-state index in [4.69, 9.17) is 5.73 Å². The van der Waals surface area contributed by atoms with Crippen molar-refractivity contribution in [2.24, 2.45) is 0 Å². The standard InChI is InChI=1S/C10H10N4O/c1-7-5-13-9(6-12-7)14-4-2-3-8(11)10(14)15/h2-6H,11H2,1H3. The Morgan fingerprint density at radius 2 is 2.13 bits per heavy atom. The Morgan fingerprint density at radius 3 is 2.80 bits per heavy atom. The molecule has 0 saturated heterocycles. The molecule has 0 radical (unpaired) electrons. The fourth-order valence-corrected chi connectivity index (χ4v) is 1.20. The third-order valence-electron chi connectivity index (χ3n) is 1.99. The van der Waals surface area contributed by atoms with E-state index in [1.807, 2.05) is 6.92 Å². The van der Waals surface area contributed by atoms with Crippen molar-refractivity contribution in [3.05, 3.63) is 46.8 Å². The van der Waals surface area contributed by atoms with Gasteiger partial charge >= 0.3 is 0 Å². The maximum atomic E-state index is 11.6. The molecule has 0 atom stereocenters. The first-order valence-corrected chi connectivity index (χ1v) is 4.44. The average Bonchev–Trinajstić information content (AvgIpc) is 2.24. The first-order chi connectivity index (χ1) is 7.18. The number of hydrogen-bond donors (Lipinski definition) is 1. The maximum Gasteiger partial charge on any atom is 0.279 e. The van der Waals surface area contributed by atoms with Crippen LogP contribution in [-0.2, 0) is 0 Å². The van der Waals surface area contributed by atoms with Crippen LogP contribution in [0.5, 0.6) is 0 Å². The molecule has 0 spiro atoms. The third-order valence-corrected chi connectivity index (χ3v) is 1.99. The van der Waals surface area contributed by atoms with E-state index in [9.17, 15) is 4.79 Å². The maximum absolute atomic E-state index is 11.6. The van der Waals surface area contributed by atoms with E-state index in [1.165, 1.54) is 10.8 Å². The van der Waals surface area contributed by atoms with Crippen LogP contribution in [0.4, 0.5) is 5.69 Å². The molecular weight excluding hydrogens is 192 g/mol. The minimum absolute atomic E-state index is 0.194. The van der Waals surface area contributed by atoms with Crippen LogP contribution >= 0.6 is 0 Å². The van der Waals surface area contributed by atoms with Gasteiger partial charge in [-0.2, -0.15) is 0 Å². The van der Waals surface area contributed by atoms with E-state index in [0.29, 0.717) is 5.82 Å². The van der Waals surface area contributed by atoms with Gasteiger partial charge in [-0.25, -0.2) is 4.98 Å². The lowest BCUT2D eigenvalue weighted by molar-refractivity contribution is 0.919. The van der Waals surface area contributed by atoms with Gasteiger partial charge in [-0.05, 0) is 19.1 Å². The van der Waals surface area contributed by atoms with Gasteiger partial charge in [0, 0.05) is 6.20 Å². The summed E-state index contributed by atoms with van der Waals surface area (Å²) in [6.07, 6.45) is 4.75. The first-order valence-electron chi connectivity index (χ1n) is 4.44. The monoisotopic (exact) mass is 202 g/mol. The lowest BCUT2D eigenvalue weighted by Crippen LogP contribution is -2.21. The van der Waals surface area contributed by atoms with E-state index in [0.717, 1.165) is 5.69 Å². The molecule has 5 nitrogen and oxygen atoms in total. The van der Waals surface area contributed by atoms with Crippen molar-refractivity contribution in [3.63, 3.8) is 0 Å². The molecule has 0 aromatic carbocycles. The molecule has 76 valence electrons. The number of rotatable bonds is 1. The summed E-state index contributed by atoms with van der Waals surface area (Å²) in [5.74, 6) is 0.470. The smallest absolute Gasteiger partial charge is 0.279 e. The number of nitrogen functional groups attached to an aromatic ring is 1. The zero-order valence-corrected chi connectivity index (χ0v) is 8.21. The summed E-state index contributed by atoms with van der Waals surface area (Å²) in [5, 5.41) is 0. The quantitative estimate of drug-likeness (QED) is 0.731. The van der Waals surface area contributed by atoms with Gasteiger partial charge in [0.25, 0.3) is 5.56 Å². The topological polar surface area (TPSA) is 73.8 Å². The highest BCUT2D eigenvalue weighted by Crippen LogP contribution is 2.01. The summed E-state index contributed by atoms with van der Waals surface area (Å²) in [4.78, 5) is 19.8. The van der Waals surface area contributed by atoms with E-state index in [1.54, 1.807) is 24.5 Å². The first kappa shape index (κ1) is 9.39. The Morgan fingerprint density at radius 1 is 1.33 bits per heavy atom. The Labute approximate surface area is 86.2 Å². The molecular formula is C10H10N4O. The molecule has 0 amide bonds. The second kappa shape index (κ2) is 3.53. The normalized spacial score (nSPS) is 10.2. The van der Waals surface area contributed by atoms with Gasteiger partial charge in [0.05, 0.1) is 23.8 Å². The number of aromatic nitrogens is 3. The van der Waals surface area contributed by atoms with Gasteiger partial charge in [-0.3, -0.25) is 14.3 Å². The highest BCUT2D eigenvalue weighted by atomic mass is 16.1. The highest BCUT2D eigenvalue weighted by Gasteiger charge is 2.02. The molecule has 15 heavy (non-hydrogen) atoms. The summed E-state index contributed by atoms with van der Waals surface area (Å²) in [6, 6.07) is 3.25. The van der Waals surface area contributed by atoms with Crippen molar-refractivity contribution in [1.82, 2.24) is 14.5 Å². The van der Waals surface area contributed by atoms with E-state index in [2.05, 4.69) is 9.97 Å². The second-order valence-corrected chi connectivity index (χ2v) is 3.15. The van der Waals surface area contributed by atoms with Gasteiger partial charge in [0.15, 0.2) is 5.82 Å². The summed E-state index contributed by atoms with van der Waals surface area (Å²) >= 11 is 0. The number of pyridine rings is 1. The molecule has 0 aliphatic heterocycles. The van der Waals surface area contributed by atoms with Crippen LogP contribution in [-0.4, -0.2) is 14.5 Å². The average molecular weight is 202 g/mol. The molecule has 0 saturated carbocycles. The molecule has 0 unspecified atom stereocenters. The molecule has 5 heteroatoms. The minimum atomic E-state index is -0.282. The molecule has 2 aromatic rings. The number of nitrogens with two attached hydrogens (primary N) is 1. The van der Waals surface area contributed by atoms with Crippen LogP contribution in [0.3, 0.4) is 0 Å². The Bertz CT molecular complexity index is 530. The zero-order chi connectivity index (χ0) is 10.8. The van der Waals surface area contributed by atoms with Crippen molar-refractivity contribution in [2.45, 2.75) is 6.92 Å². The van der Waals surface area contributed by atoms with E-state index in [-0.39, 0.29) is 11.2 Å². The fourth-order valence-electron chi connectivity index (χ4n) is 1.20. The number of anilines is 1. The summed E-state index contributed by atoms with van der Waals surface area (Å²) in [5.41, 5.74) is 6.22. The summed E-state index contributed by atoms with van der Waals surface area (Å²) in [7, 11) is 0. The van der Waals surface area contributed by atoms with Crippen LogP contribution in [0.25, 0.3) is 5.82 Å². The Hall–Kier alpha value is -2.17. The van der Waals surface area contributed by atoms with Gasteiger partial charge in [0.2, 0.25) is 0 Å². The Balaban J connectivity index is 2.59. The SMILES string of the molecule is Cc1cnc(-n2cccc(N)c2=O)cn1. The predicted octanol–water partition coefficient (Wildman–Crippen LogP) is 0.518. The third kappa shape index (κ3) is 1.71. The van der Waals surface area contributed by atoms with Crippen molar-refractivity contribution < 1.29 is 0 Å². The molecule has 0 fully saturated rings. The molecule has 2 N–H and O–H groups in total. The molecule has 2 rings (SSSR count). The number of nitrogens with zero attached hydrogens (tertiary/aromatic N) is 3. The minimum Gasteiger partial charge on any atom is -0.394 e. The highest BCUT2D eigenvalue weighted by molar-refractivity contribution is 5.36. The van der Waals surface area contributed by atoms with Crippen LogP contribution in [0.2, 0.25) is 0 Å². The zero-order valence-electron chi connectivity index (χ0n) is 8.21. The van der Waals surface area contributed by atoms with Crippen LogP contribution in [0.1, 0.15) is 5.69 Å². The molecule has 0 bridgehead atoms. The second-order valence-electron chi connectivity index (χ2n) is 3.15. The summed E-state index contributed by atoms with van der Waals surface area (Å²) < 4.78 is 1.36. The van der Waals surface area contributed by atoms with Gasteiger partial charge in [-0.1, -0.05) is 0 Å². The van der Waals surface area contributed by atoms with Crippen molar-refractivity contribution in [1.29, 1.82) is 0 Å². The lowest BCUT2D eigenvalue weighted by atomic mass is 10.4. The largest absolute Gasteiger partial charge is 0.394 e. The predicted molar refractivity (Wildman–Crippen MR) is 56.8 cm³/mol. The number of aryl methyl sites for hydroxylation is 1. The van der Waals surface area contributed by atoms with Crippen LogP contribution in [0, 0.1) is 6.92 Å². The van der Waals surface area contributed by atoms with Crippen LogP contribution < -0.4 is 11.3 Å². The van der Waals surface area contributed by atoms with Crippen molar-refractivity contribution >= 4 is 5.69 Å². The molecule has 2 heterocycles. The summed E-state index contributed by atoms with van der Waals surface area (Å²) in [6.45, 7) is 1.83. The lowest BCUT2D eigenvalue weighted by Gasteiger charge is -2.04. The fraction of sp³-hybridized carbons (Fsp3) is 0.100. The van der Waals surface area contributed by atoms with E-state index < -0.39 is 0 Å². The van der Waals surface area contributed by atoms with E-state index >= 15 is 0 Å². The van der Waals surface area contributed by atoms with Crippen molar-refractivity contribution in [2.75, 3.05) is 5.73 Å². The van der Waals surface area contributed by atoms with Gasteiger partial charge in [0.1, 0.15) is 0 Å². The molecule has 0 aliphatic carbocycles. The van der Waals surface area contributed by atoms with Crippen LogP contribution in [0.15, 0.2) is 35.5 Å². The number of hydrogen-bond acceptors (Lipinski definition) is 4. The Kier molecular flexibility index (Phi) is 2.21. The molecule has 2 aromatic heterocycles. The van der Waals surface area contributed by atoms with Gasteiger partial charge < -0.3 is 5.73 Å². The molecule has 0 aliphatic rings. The van der Waals surface area contributed by atoms with Crippen molar-refractivity contribution in [3.8, 4) is 5.82 Å². The van der Waals surface area contributed by atoms with Gasteiger partial charge in [-0.15, -0.1) is 0 Å².